The molecule has 0 saturated heterocycles. The third-order valence-electron chi connectivity index (χ3n) is 1.76. The Bertz CT molecular complexity index is 456. The summed E-state index contributed by atoms with van der Waals surface area (Å²) in [5.41, 5.74) is 0.591. The van der Waals surface area contributed by atoms with Gasteiger partial charge in [0.2, 0.25) is 5.43 Å². The molecule has 2 aromatic rings. The van der Waals surface area contributed by atoms with Gasteiger partial charge in [0.1, 0.15) is 0 Å². The van der Waals surface area contributed by atoms with Crippen LogP contribution in [0.5, 0.6) is 0 Å². The van der Waals surface area contributed by atoms with Crippen molar-refractivity contribution >= 4 is 11.0 Å². The third kappa shape index (κ3) is 0.827. The van der Waals surface area contributed by atoms with Crippen molar-refractivity contribution in [2.75, 3.05) is 0 Å². The van der Waals surface area contributed by atoms with E-state index in [1.54, 1.807) is 10.9 Å². The Morgan fingerprint density at radius 1 is 1.58 bits per heavy atom. The standard InChI is InChI=1S/C7H8N4O/c1-2-11-7-5(3-9-11)6(12)4-8-10-7/h3-4H,2H2,1H3,(H,10,12). The molecule has 2 heterocycles. The van der Waals surface area contributed by atoms with Gasteiger partial charge in [0.15, 0.2) is 5.65 Å². The number of aryl methyl sites for hydroxylation is 1. The highest BCUT2D eigenvalue weighted by molar-refractivity contribution is 5.72. The number of nitrogens with zero attached hydrogens (tertiary/aromatic N) is 3. The summed E-state index contributed by atoms with van der Waals surface area (Å²) in [6, 6.07) is 0. The van der Waals surface area contributed by atoms with Crippen LogP contribution >= 0.6 is 0 Å². The number of hydrogen-bond donors (Lipinski definition) is 1. The van der Waals surface area contributed by atoms with Gasteiger partial charge in [0, 0.05) is 6.54 Å². The van der Waals surface area contributed by atoms with Crippen molar-refractivity contribution < 1.29 is 0 Å². The Kier molecular flexibility index (Phi) is 1.43. The fourth-order valence-corrected chi connectivity index (χ4v) is 1.14. The molecule has 0 aliphatic carbocycles. The third-order valence-corrected chi connectivity index (χ3v) is 1.76. The first-order chi connectivity index (χ1) is 5.83. The fourth-order valence-electron chi connectivity index (χ4n) is 1.14. The summed E-state index contributed by atoms with van der Waals surface area (Å²) in [6.45, 7) is 2.68. The van der Waals surface area contributed by atoms with Crippen LogP contribution in [0, 0.1) is 0 Å². The first-order valence-corrected chi connectivity index (χ1v) is 3.72. The molecule has 0 atom stereocenters. The highest BCUT2D eigenvalue weighted by Gasteiger charge is 2.03. The quantitative estimate of drug-likeness (QED) is 0.652. The summed E-state index contributed by atoms with van der Waals surface area (Å²) in [6.07, 6.45) is 2.81. The predicted octanol–water partition coefficient (Wildman–Crippen LogP) is 0.139. The Morgan fingerprint density at radius 3 is 3.17 bits per heavy atom. The molecule has 0 fully saturated rings. The molecular formula is C7H8N4O. The molecule has 12 heavy (non-hydrogen) atoms. The highest BCUT2D eigenvalue weighted by Crippen LogP contribution is 2.02. The van der Waals surface area contributed by atoms with E-state index in [1.165, 1.54) is 6.20 Å². The van der Waals surface area contributed by atoms with Gasteiger partial charge in [-0.2, -0.15) is 10.2 Å². The van der Waals surface area contributed by atoms with Crippen LogP contribution in [-0.2, 0) is 6.54 Å². The molecular weight excluding hydrogens is 156 g/mol. The van der Waals surface area contributed by atoms with Crippen LogP contribution in [0.2, 0.25) is 0 Å². The van der Waals surface area contributed by atoms with Gasteiger partial charge in [0.25, 0.3) is 0 Å². The molecule has 5 heteroatoms. The second-order valence-corrected chi connectivity index (χ2v) is 2.46. The van der Waals surface area contributed by atoms with Gasteiger partial charge in [-0.3, -0.25) is 9.89 Å². The van der Waals surface area contributed by atoms with E-state index < -0.39 is 0 Å². The minimum absolute atomic E-state index is 0.0940. The number of rotatable bonds is 1. The van der Waals surface area contributed by atoms with Gasteiger partial charge >= 0.3 is 0 Å². The first kappa shape index (κ1) is 7.02. The van der Waals surface area contributed by atoms with Crippen LogP contribution in [-0.4, -0.2) is 20.0 Å². The maximum absolute atomic E-state index is 11.2. The van der Waals surface area contributed by atoms with Gasteiger partial charge in [-0.15, -0.1) is 0 Å². The molecule has 5 nitrogen and oxygen atoms in total. The molecule has 0 radical (unpaired) electrons. The molecule has 0 amide bonds. The molecule has 0 spiro atoms. The lowest BCUT2D eigenvalue weighted by atomic mass is 10.4. The van der Waals surface area contributed by atoms with Crippen molar-refractivity contribution in [1.29, 1.82) is 0 Å². The summed E-state index contributed by atoms with van der Waals surface area (Å²) in [5, 5.41) is 11.0. The Morgan fingerprint density at radius 2 is 2.42 bits per heavy atom. The molecule has 0 bridgehead atoms. The molecule has 2 rings (SSSR count). The fraction of sp³-hybridized carbons (Fsp3) is 0.286. The monoisotopic (exact) mass is 164 g/mol. The molecule has 2 aromatic heterocycles. The average molecular weight is 164 g/mol. The maximum atomic E-state index is 11.2. The first-order valence-electron chi connectivity index (χ1n) is 3.72. The zero-order chi connectivity index (χ0) is 8.55. The number of nitrogens with one attached hydrogen (secondary N) is 1. The van der Waals surface area contributed by atoms with Crippen molar-refractivity contribution in [3.8, 4) is 0 Å². The summed E-state index contributed by atoms with van der Waals surface area (Å²) in [5.74, 6) is 0. The molecule has 1 N–H and O–H groups in total. The lowest BCUT2D eigenvalue weighted by molar-refractivity contribution is 0.672. The Hall–Kier alpha value is -1.65. The van der Waals surface area contributed by atoms with Crippen molar-refractivity contribution in [2.45, 2.75) is 13.5 Å². The zero-order valence-corrected chi connectivity index (χ0v) is 6.61. The normalized spacial score (nSPS) is 10.8. The maximum Gasteiger partial charge on any atom is 0.211 e. The van der Waals surface area contributed by atoms with Crippen LogP contribution in [0.4, 0.5) is 0 Å². The lowest BCUT2D eigenvalue weighted by Crippen LogP contribution is -2.04. The smallest absolute Gasteiger partial charge is 0.211 e. The van der Waals surface area contributed by atoms with E-state index in [4.69, 9.17) is 0 Å². The van der Waals surface area contributed by atoms with E-state index in [0.29, 0.717) is 11.0 Å². The van der Waals surface area contributed by atoms with Crippen LogP contribution in [0.3, 0.4) is 0 Å². The minimum atomic E-state index is -0.0940. The lowest BCUT2D eigenvalue weighted by Gasteiger charge is -1.95. The van der Waals surface area contributed by atoms with Crippen LogP contribution < -0.4 is 5.43 Å². The summed E-state index contributed by atoms with van der Waals surface area (Å²) in [7, 11) is 0. The van der Waals surface area contributed by atoms with Crippen LogP contribution in [0.15, 0.2) is 17.2 Å². The summed E-state index contributed by atoms with van der Waals surface area (Å²) in [4.78, 5) is 11.2. The largest absolute Gasteiger partial charge is 0.287 e. The summed E-state index contributed by atoms with van der Waals surface area (Å²) < 4.78 is 1.70. The Balaban J connectivity index is 2.89. The number of aromatic amines is 1. The molecule has 0 unspecified atom stereocenters. The van der Waals surface area contributed by atoms with E-state index >= 15 is 0 Å². The predicted molar refractivity (Wildman–Crippen MR) is 43.8 cm³/mol. The average Bonchev–Trinajstić information content (AvgIpc) is 2.49. The topological polar surface area (TPSA) is 63.6 Å². The number of H-pyrrole nitrogens is 1. The second kappa shape index (κ2) is 2.44. The van der Waals surface area contributed by atoms with Gasteiger partial charge in [0.05, 0.1) is 17.8 Å². The van der Waals surface area contributed by atoms with E-state index in [9.17, 15) is 4.79 Å². The van der Waals surface area contributed by atoms with Gasteiger partial charge in [-0.25, -0.2) is 4.68 Å². The molecule has 0 saturated carbocycles. The highest BCUT2D eigenvalue weighted by atomic mass is 16.1. The van der Waals surface area contributed by atoms with E-state index in [0.717, 1.165) is 6.54 Å². The van der Waals surface area contributed by atoms with Crippen molar-refractivity contribution in [2.24, 2.45) is 0 Å². The zero-order valence-electron chi connectivity index (χ0n) is 6.61. The molecule has 0 aromatic carbocycles. The molecule has 0 aliphatic rings. The van der Waals surface area contributed by atoms with Crippen molar-refractivity contribution in [3.05, 3.63) is 22.6 Å². The number of aromatic nitrogens is 4. The van der Waals surface area contributed by atoms with Gasteiger partial charge in [-0.1, -0.05) is 0 Å². The SMILES string of the molecule is CCn1ncc2c(=O)cn[nH]c21. The van der Waals surface area contributed by atoms with E-state index in [1.807, 2.05) is 6.92 Å². The second-order valence-electron chi connectivity index (χ2n) is 2.46. The van der Waals surface area contributed by atoms with Crippen molar-refractivity contribution in [3.63, 3.8) is 0 Å². The minimum Gasteiger partial charge on any atom is -0.287 e. The summed E-state index contributed by atoms with van der Waals surface area (Å²) >= 11 is 0. The number of fused-ring (bicyclic) bond motifs is 1. The van der Waals surface area contributed by atoms with Crippen molar-refractivity contribution in [1.82, 2.24) is 20.0 Å². The van der Waals surface area contributed by atoms with E-state index in [-0.39, 0.29) is 5.43 Å². The van der Waals surface area contributed by atoms with E-state index in [2.05, 4.69) is 15.3 Å². The van der Waals surface area contributed by atoms with Gasteiger partial charge < -0.3 is 0 Å². The Labute approximate surface area is 68.0 Å². The van der Waals surface area contributed by atoms with Crippen LogP contribution in [0.25, 0.3) is 11.0 Å². The molecule has 0 aliphatic heterocycles. The number of hydrogen-bond acceptors (Lipinski definition) is 3. The molecule has 62 valence electrons. The van der Waals surface area contributed by atoms with Crippen LogP contribution in [0.1, 0.15) is 6.92 Å². The van der Waals surface area contributed by atoms with Gasteiger partial charge in [-0.05, 0) is 6.92 Å².